The van der Waals surface area contributed by atoms with Crippen LogP contribution in [-0.2, 0) is 4.79 Å². The second-order valence-corrected chi connectivity index (χ2v) is 9.29. The van der Waals surface area contributed by atoms with Gasteiger partial charge in [0.25, 0.3) is 0 Å². The number of hydrogen-bond donors (Lipinski definition) is 2. The summed E-state index contributed by atoms with van der Waals surface area (Å²) in [7, 11) is 2.10. The Kier molecular flexibility index (Phi) is 8.89. The molecule has 0 aliphatic rings. The molecule has 9 heteroatoms. The molecule has 4 aromatic rings. The van der Waals surface area contributed by atoms with Crippen LogP contribution in [-0.4, -0.2) is 59.0 Å². The third-order valence-corrected chi connectivity index (χ3v) is 6.54. The van der Waals surface area contributed by atoms with Crippen molar-refractivity contribution in [2.45, 2.75) is 13.8 Å². The van der Waals surface area contributed by atoms with Crippen molar-refractivity contribution in [2.75, 3.05) is 48.8 Å². The lowest BCUT2D eigenvalue weighted by Gasteiger charge is -2.28. The van der Waals surface area contributed by atoms with Crippen molar-refractivity contribution >= 4 is 51.4 Å². The van der Waals surface area contributed by atoms with E-state index in [0.29, 0.717) is 16.7 Å². The Morgan fingerprint density at radius 1 is 1.08 bits per heavy atom. The fourth-order valence-electron chi connectivity index (χ4n) is 4.11. The molecule has 0 aliphatic heterocycles. The monoisotopic (exact) mass is 529 g/mol. The van der Waals surface area contributed by atoms with E-state index in [1.807, 2.05) is 42.5 Å². The number of nitrogens with zero attached hydrogens (tertiary/aromatic N) is 5. The van der Waals surface area contributed by atoms with Crippen LogP contribution in [0, 0.1) is 0 Å². The van der Waals surface area contributed by atoms with Gasteiger partial charge in [-0.15, -0.1) is 0 Å². The Balaban J connectivity index is 1.67. The average molecular weight is 530 g/mol. The lowest BCUT2D eigenvalue weighted by Crippen LogP contribution is -2.33. The molecular weight excluding hydrogens is 498 g/mol. The number of pyridine rings is 1. The minimum absolute atomic E-state index is 0.271. The van der Waals surface area contributed by atoms with E-state index < -0.39 is 0 Å². The van der Waals surface area contributed by atoms with Crippen molar-refractivity contribution in [1.82, 2.24) is 19.9 Å². The molecule has 2 aromatic heterocycles. The lowest BCUT2D eigenvalue weighted by molar-refractivity contribution is -0.111. The molecule has 196 valence electrons. The summed E-state index contributed by atoms with van der Waals surface area (Å²) in [6.45, 7) is 11.4. The summed E-state index contributed by atoms with van der Waals surface area (Å²) in [6.07, 6.45) is 6.42. The topological polar surface area (TPSA) is 86.3 Å². The molecule has 4 rings (SSSR count). The highest BCUT2D eigenvalue weighted by Gasteiger charge is 2.14. The highest BCUT2D eigenvalue weighted by Crippen LogP contribution is 2.32. The van der Waals surface area contributed by atoms with E-state index in [1.165, 1.54) is 6.08 Å². The smallest absolute Gasteiger partial charge is 0.247 e. The number of benzene rings is 2. The number of amides is 1. The molecule has 1 amide bonds. The Hall–Kier alpha value is -4.01. The molecule has 0 unspecified atom stereocenters. The van der Waals surface area contributed by atoms with Gasteiger partial charge in [-0.25, -0.2) is 9.97 Å². The van der Waals surface area contributed by atoms with Gasteiger partial charge in [-0.1, -0.05) is 43.3 Å². The zero-order valence-electron chi connectivity index (χ0n) is 21.9. The van der Waals surface area contributed by atoms with Crippen molar-refractivity contribution in [2.24, 2.45) is 0 Å². The number of fused-ring (bicyclic) bond motifs is 1. The molecule has 0 atom stereocenters. The van der Waals surface area contributed by atoms with Crippen LogP contribution in [0.5, 0.6) is 0 Å². The minimum atomic E-state index is -0.271. The highest BCUT2D eigenvalue weighted by molar-refractivity contribution is 6.30. The number of nitrogens with one attached hydrogen (secondary N) is 2. The number of rotatable bonds is 11. The first kappa shape index (κ1) is 27.0. The summed E-state index contributed by atoms with van der Waals surface area (Å²) >= 11 is 6.18. The van der Waals surface area contributed by atoms with E-state index in [2.05, 4.69) is 57.9 Å². The number of carbonyl (C=O) groups is 1. The summed E-state index contributed by atoms with van der Waals surface area (Å²) in [5.74, 6) is 0.164. The van der Waals surface area contributed by atoms with Crippen molar-refractivity contribution in [1.29, 1.82) is 0 Å². The van der Waals surface area contributed by atoms with E-state index in [-0.39, 0.29) is 5.91 Å². The quantitative estimate of drug-likeness (QED) is 0.231. The Labute approximate surface area is 228 Å². The summed E-state index contributed by atoms with van der Waals surface area (Å²) in [4.78, 5) is 30.3. The molecule has 0 saturated heterocycles. The molecular formula is C29H32ClN7O. The van der Waals surface area contributed by atoms with Crippen LogP contribution in [0.25, 0.3) is 22.0 Å². The van der Waals surface area contributed by atoms with Gasteiger partial charge in [0, 0.05) is 60.4 Å². The van der Waals surface area contributed by atoms with Gasteiger partial charge in [0.05, 0.1) is 21.9 Å². The predicted molar refractivity (Wildman–Crippen MR) is 157 cm³/mol. The first-order valence-corrected chi connectivity index (χ1v) is 12.9. The fourth-order valence-corrected chi connectivity index (χ4v) is 4.28. The maximum Gasteiger partial charge on any atom is 0.247 e. The molecule has 0 bridgehead atoms. The zero-order chi connectivity index (χ0) is 27.1. The Morgan fingerprint density at radius 2 is 1.92 bits per heavy atom. The number of hydrogen-bond acceptors (Lipinski definition) is 7. The van der Waals surface area contributed by atoms with Crippen LogP contribution in [0.3, 0.4) is 0 Å². The van der Waals surface area contributed by atoms with Gasteiger partial charge in [0.1, 0.15) is 0 Å². The van der Waals surface area contributed by atoms with Gasteiger partial charge in [0.2, 0.25) is 11.9 Å². The molecule has 0 spiro atoms. The largest absolute Gasteiger partial charge is 0.369 e. The van der Waals surface area contributed by atoms with E-state index in [9.17, 15) is 4.79 Å². The van der Waals surface area contributed by atoms with Crippen molar-refractivity contribution in [3.63, 3.8) is 0 Å². The third-order valence-electron chi connectivity index (χ3n) is 6.34. The Morgan fingerprint density at radius 3 is 2.66 bits per heavy atom. The van der Waals surface area contributed by atoms with Gasteiger partial charge in [-0.3, -0.25) is 9.78 Å². The van der Waals surface area contributed by atoms with Crippen molar-refractivity contribution in [3.05, 3.63) is 78.7 Å². The van der Waals surface area contributed by atoms with Gasteiger partial charge in [-0.05, 0) is 50.9 Å². The van der Waals surface area contributed by atoms with Gasteiger partial charge in [-0.2, -0.15) is 0 Å². The molecule has 0 saturated carbocycles. The van der Waals surface area contributed by atoms with Crippen LogP contribution in [0.15, 0.2) is 73.7 Å². The Bertz CT molecular complexity index is 1440. The fraction of sp³-hybridized carbons (Fsp3) is 0.241. The van der Waals surface area contributed by atoms with E-state index in [0.717, 1.165) is 59.6 Å². The first-order valence-electron chi connectivity index (χ1n) is 12.6. The maximum absolute atomic E-state index is 12.3. The lowest BCUT2D eigenvalue weighted by atomic mass is 10.0. The number of halogens is 1. The first-order chi connectivity index (χ1) is 18.4. The summed E-state index contributed by atoms with van der Waals surface area (Å²) < 4.78 is 0. The van der Waals surface area contributed by atoms with E-state index in [4.69, 9.17) is 16.6 Å². The second-order valence-electron chi connectivity index (χ2n) is 8.85. The van der Waals surface area contributed by atoms with Crippen LogP contribution in [0.1, 0.15) is 13.8 Å². The predicted octanol–water partition coefficient (Wildman–Crippen LogP) is 5.99. The van der Waals surface area contributed by atoms with Gasteiger partial charge >= 0.3 is 0 Å². The maximum atomic E-state index is 12.3. The molecule has 0 fully saturated rings. The number of aromatic nitrogens is 3. The van der Waals surface area contributed by atoms with E-state index in [1.54, 1.807) is 18.6 Å². The molecule has 2 heterocycles. The van der Waals surface area contributed by atoms with Crippen LogP contribution in [0.2, 0.25) is 5.02 Å². The van der Waals surface area contributed by atoms with Crippen LogP contribution >= 0.6 is 11.6 Å². The number of anilines is 4. The summed E-state index contributed by atoms with van der Waals surface area (Å²) in [5, 5.41) is 7.71. The van der Waals surface area contributed by atoms with Crippen molar-refractivity contribution < 1.29 is 4.79 Å². The van der Waals surface area contributed by atoms with Crippen LogP contribution < -0.4 is 15.5 Å². The van der Waals surface area contributed by atoms with Crippen molar-refractivity contribution in [3.8, 4) is 11.1 Å². The molecule has 8 nitrogen and oxygen atoms in total. The summed E-state index contributed by atoms with van der Waals surface area (Å²) in [5.41, 5.74) is 4.94. The van der Waals surface area contributed by atoms with E-state index >= 15 is 0 Å². The number of para-hydroxylation sites is 1. The normalized spacial score (nSPS) is 11.0. The average Bonchev–Trinajstić information content (AvgIpc) is 2.93. The van der Waals surface area contributed by atoms with Gasteiger partial charge < -0.3 is 20.4 Å². The summed E-state index contributed by atoms with van der Waals surface area (Å²) in [6, 6.07) is 13.6. The molecule has 38 heavy (non-hydrogen) atoms. The third kappa shape index (κ3) is 6.45. The molecule has 2 aromatic carbocycles. The second kappa shape index (κ2) is 12.5. The molecule has 0 aliphatic carbocycles. The van der Waals surface area contributed by atoms with Gasteiger partial charge in [0.15, 0.2) is 0 Å². The SMILES string of the molecule is C=CC(=O)Nc1cc(Nc2ncc3cccc(-c4cncc(Cl)c4)c3n2)ccc1N(CC)CCN(C)CC. The molecule has 2 N–H and O–H groups in total. The van der Waals surface area contributed by atoms with Crippen LogP contribution in [0.4, 0.5) is 23.0 Å². The number of likely N-dealkylation sites (N-methyl/N-ethyl adjacent to an activating group) is 2. The standard InChI is InChI=1S/C29H32ClN7O/c1-5-27(38)34-25-16-23(11-12-26(25)37(7-3)14-13-36(4)6-2)33-29-32-18-20-9-8-10-24(28(20)35-29)21-15-22(30)19-31-17-21/h5,8-12,15-19H,1,6-7,13-14H2,2-4H3,(H,34,38)(H,32,33,35). The number of carbonyl (C=O) groups excluding carboxylic acids is 1. The minimum Gasteiger partial charge on any atom is -0.369 e. The molecule has 0 radical (unpaired) electrons. The zero-order valence-corrected chi connectivity index (χ0v) is 22.7. The highest BCUT2D eigenvalue weighted by atomic mass is 35.5.